The lowest BCUT2D eigenvalue weighted by molar-refractivity contribution is 0.634. The van der Waals surface area contributed by atoms with E-state index >= 15 is 0 Å². The minimum absolute atomic E-state index is 0.536. The zero-order valence-electron chi connectivity index (χ0n) is 51.8. The standard InChI is InChI=1S/C46H28O2/c1-4-14-29(15-5-1)41-33-20-10-12-22-35(33)42(36-23-13-11-21-34(36)41)32-24-26-39-38(28-32)44-40(47-39)27-25-37-43(30-16-6-2-7-17-30)45(48-46(37)44)31-18-8-3-9-19-31/h1-28H/i1D,2D,3D,4D,5D,6D,7D,8D,9D,10D,11D,12D,13D,14D,15D,16D,17D,18D,19D,20D,21D,22D,23D,24D,25D,26D,27D,28D. The third-order valence-corrected chi connectivity index (χ3v) is 7.75. The number of rotatable bonds is 4. The minimum atomic E-state index is -0.998. The van der Waals surface area contributed by atoms with Gasteiger partial charge in [-0.3, -0.25) is 0 Å². The van der Waals surface area contributed by atoms with Crippen molar-refractivity contribution in [1.82, 2.24) is 0 Å². The van der Waals surface area contributed by atoms with Gasteiger partial charge in [-0.25, -0.2) is 0 Å². The Bertz CT molecular complexity index is 4270. The fourth-order valence-electron chi connectivity index (χ4n) is 5.84. The summed E-state index contributed by atoms with van der Waals surface area (Å²) in [4.78, 5) is 0. The quantitative estimate of drug-likeness (QED) is 0.179. The molecule has 10 aromatic rings. The maximum absolute atomic E-state index is 10.1. The minimum Gasteiger partial charge on any atom is -0.456 e. The van der Waals surface area contributed by atoms with E-state index in [-0.39, 0.29) is 0 Å². The SMILES string of the molecule is [2H]c1c([2H])c([2H])c(-c2oc3c(c([2H])c([2H])c4oc5c([2H])c([2H])c(-c6c7c([2H])c([2H])c([2H])c([2H])c7c(-c7c([2H])c([2H])c([2H])c([2H])c7[2H])c7c([2H])c([2H])c([2H])c([2H])c67)c([2H])c5c43)c2-c2c([2H])c([2H])c([2H])c([2H])c2[2H])c([2H])c1[2H]. The highest BCUT2D eigenvalue weighted by Crippen LogP contribution is 2.48. The van der Waals surface area contributed by atoms with E-state index < -0.39 is 268 Å². The molecule has 0 aliphatic heterocycles. The topological polar surface area (TPSA) is 26.3 Å². The summed E-state index contributed by atoms with van der Waals surface area (Å²) in [5, 5.41) is -4.59. The third-order valence-electron chi connectivity index (χ3n) is 7.75. The molecule has 10 rings (SSSR count). The van der Waals surface area contributed by atoms with Gasteiger partial charge in [-0.05, 0) is 73.5 Å². The number of hydrogen-bond donors (Lipinski definition) is 0. The van der Waals surface area contributed by atoms with E-state index in [0.29, 0.717) is 0 Å². The van der Waals surface area contributed by atoms with Crippen molar-refractivity contribution in [2.75, 3.05) is 0 Å². The van der Waals surface area contributed by atoms with E-state index in [9.17, 15) is 12.3 Å². The van der Waals surface area contributed by atoms with Crippen LogP contribution < -0.4 is 0 Å². The van der Waals surface area contributed by atoms with Crippen molar-refractivity contribution in [2.24, 2.45) is 0 Å². The Morgan fingerprint density at radius 3 is 1.40 bits per heavy atom. The molecule has 0 saturated heterocycles. The summed E-state index contributed by atoms with van der Waals surface area (Å²) in [6, 6.07) is -26.2. The predicted molar refractivity (Wildman–Crippen MR) is 200 cm³/mol. The van der Waals surface area contributed by atoms with E-state index in [2.05, 4.69) is 0 Å². The van der Waals surface area contributed by atoms with Gasteiger partial charge in [0.15, 0.2) is 0 Å². The van der Waals surface area contributed by atoms with Crippen LogP contribution >= 0.6 is 0 Å². The molecule has 0 radical (unpaired) electrons. The average Bonchev–Trinajstić information content (AvgIpc) is 4.10. The van der Waals surface area contributed by atoms with Gasteiger partial charge in [0.25, 0.3) is 0 Å². The van der Waals surface area contributed by atoms with Gasteiger partial charge in [-0.1, -0.05) is 145 Å². The summed E-state index contributed by atoms with van der Waals surface area (Å²) in [5.41, 5.74) is -7.10. The van der Waals surface area contributed by atoms with Gasteiger partial charge in [-0.2, -0.15) is 0 Å². The summed E-state index contributed by atoms with van der Waals surface area (Å²) >= 11 is 0. The first-order valence-electron chi connectivity index (χ1n) is 28.1. The second-order valence-electron chi connectivity index (χ2n) is 10.3. The number of hydrogen-bond acceptors (Lipinski definition) is 2. The number of furan rings is 2. The third kappa shape index (κ3) is 4.00. The molecule has 0 aliphatic rings. The second-order valence-corrected chi connectivity index (χ2v) is 10.3. The summed E-state index contributed by atoms with van der Waals surface area (Å²) in [6.07, 6.45) is 0. The van der Waals surface area contributed by atoms with Crippen LogP contribution in [-0.2, 0) is 0 Å². The first-order chi connectivity index (χ1) is 35.5. The van der Waals surface area contributed by atoms with Crippen molar-refractivity contribution < 1.29 is 47.2 Å². The second kappa shape index (κ2) is 10.6. The highest BCUT2D eigenvalue weighted by molar-refractivity contribution is 6.24. The van der Waals surface area contributed by atoms with Crippen LogP contribution in [0.25, 0.3) is 99.2 Å². The van der Waals surface area contributed by atoms with E-state index in [1.165, 1.54) is 0 Å². The van der Waals surface area contributed by atoms with Crippen molar-refractivity contribution in [3.63, 3.8) is 0 Å². The molecule has 0 N–H and O–H groups in total. The Morgan fingerprint density at radius 2 is 0.812 bits per heavy atom. The highest BCUT2D eigenvalue weighted by Gasteiger charge is 2.23. The molecule has 2 aromatic heterocycles. The molecule has 224 valence electrons. The first-order valence-corrected chi connectivity index (χ1v) is 14.1. The Balaban J connectivity index is 1.51. The monoisotopic (exact) mass is 640 g/mol. The van der Waals surface area contributed by atoms with Gasteiger partial charge in [0.1, 0.15) is 22.5 Å². The van der Waals surface area contributed by atoms with Crippen molar-refractivity contribution in [1.29, 1.82) is 0 Å². The molecule has 2 heterocycles. The highest BCUT2D eigenvalue weighted by atomic mass is 16.3. The molecular formula is C46H28O2. The maximum atomic E-state index is 10.1. The normalized spacial score (nSPS) is 19.9. The maximum Gasteiger partial charge on any atom is 0.147 e. The van der Waals surface area contributed by atoms with E-state index in [1.54, 1.807) is 0 Å². The fourth-order valence-corrected chi connectivity index (χ4v) is 5.84. The van der Waals surface area contributed by atoms with Crippen molar-refractivity contribution in [3.05, 3.63) is 169 Å². The lowest BCUT2D eigenvalue weighted by Gasteiger charge is -2.17. The van der Waals surface area contributed by atoms with Crippen molar-refractivity contribution in [2.45, 2.75) is 0 Å². The molecule has 0 saturated carbocycles. The Hall–Kier alpha value is -6.38. The van der Waals surface area contributed by atoms with Crippen LogP contribution in [0.5, 0.6) is 0 Å². The molecule has 0 amide bonds. The van der Waals surface area contributed by atoms with Gasteiger partial charge < -0.3 is 8.83 Å². The first kappa shape index (κ1) is 11.1. The molecule has 0 bridgehead atoms. The van der Waals surface area contributed by atoms with Gasteiger partial charge in [0.05, 0.1) is 43.8 Å². The molecule has 48 heavy (non-hydrogen) atoms. The molecule has 0 unspecified atom stereocenters. The predicted octanol–water partition coefficient (Wildman–Crippen LogP) is 13.3. The molecule has 8 aromatic carbocycles. The summed E-state index contributed by atoms with van der Waals surface area (Å²) in [7, 11) is 0. The Labute approximate surface area is 316 Å². The van der Waals surface area contributed by atoms with Crippen LogP contribution in [0, 0.1) is 0 Å². The summed E-state index contributed by atoms with van der Waals surface area (Å²) in [5.74, 6) is -0.789. The van der Waals surface area contributed by atoms with Crippen LogP contribution in [0.3, 0.4) is 0 Å². The van der Waals surface area contributed by atoms with Crippen LogP contribution in [0.4, 0.5) is 0 Å². The van der Waals surface area contributed by atoms with Crippen LogP contribution in [0.2, 0.25) is 0 Å². The van der Waals surface area contributed by atoms with E-state index in [1.807, 2.05) is 0 Å². The lowest BCUT2D eigenvalue weighted by Crippen LogP contribution is -1.90. The van der Waals surface area contributed by atoms with Crippen molar-refractivity contribution in [3.8, 4) is 44.7 Å². The van der Waals surface area contributed by atoms with Gasteiger partial charge in [0, 0.05) is 21.9 Å². The molecule has 2 nitrogen and oxygen atoms in total. The van der Waals surface area contributed by atoms with Gasteiger partial charge >= 0.3 is 0 Å². The zero-order chi connectivity index (χ0) is 56.0. The zero-order valence-corrected chi connectivity index (χ0v) is 23.8. The summed E-state index contributed by atoms with van der Waals surface area (Å²) in [6.45, 7) is 0. The number of fused-ring (bicyclic) bond motifs is 7. The Morgan fingerprint density at radius 1 is 0.333 bits per heavy atom. The smallest absolute Gasteiger partial charge is 0.147 e. The van der Waals surface area contributed by atoms with E-state index in [4.69, 9.17) is 34.9 Å². The van der Waals surface area contributed by atoms with E-state index in [0.717, 1.165) is 0 Å². The van der Waals surface area contributed by atoms with Crippen LogP contribution in [0.1, 0.15) is 38.4 Å². The lowest BCUT2D eigenvalue weighted by atomic mass is 9.86. The molecule has 2 heteroatoms. The van der Waals surface area contributed by atoms with Gasteiger partial charge in [0.2, 0.25) is 0 Å². The fraction of sp³-hybridized carbons (Fsp3) is 0. The van der Waals surface area contributed by atoms with Gasteiger partial charge in [-0.15, -0.1) is 0 Å². The molecule has 0 fully saturated rings. The largest absolute Gasteiger partial charge is 0.456 e. The van der Waals surface area contributed by atoms with Crippen LogP contribution in [0.15, 0.2) is 178 Å². The Kier molecular flexibility index (Phi) is 2.45. The molecule has 0 spiro atoms. The number of benzene rings is 8. The molecule has 0 atom stereocenters. The summed E-state index contributed by atoms with van der Waals surface area (Å²) < 4.78 is 262. The average molecular weight is 641 g/mol. The molecule has 0 aliphatic carbocycles. The molecular weight excluding hydrogens is 585 g/mol. The van der Waals surface area contributed by atoms with Crippen LogP contribution in [-0.4, -0.2) is 0 Å². The van der Waals surface area contributed by atoms with Crippen molar-refractivity contribution >= 4 is 54.5 Å².